The van der Waals surface area contributed by atoms with Gasteiger partial charge in [-0.15, -0.1) is 0 Å². The summed E-state index contributed by atoms with van der Waals surface area (Å²) in [6.07, 6.45) is 2.41. The summed E-state index contributed by atoms with van der Waals surface area (Å²) in [5.41, 5.74) is 5.85. The number of nitrogens with zero attached hydrogens (tertiary/aromatic N) is 1. The maximum absolute atomic E-state index is 5.91. The monoisotopic (exact) mass is 389 g/mol. The highest BCUT2D eigenvalue weighted by atomic mass is 16.5. The van der Waals surface area contributed by atoms with Gasteiger partial charge in [0.2, 0.25) is 0 Å². The molecule has 0 aromatic heterocycles. The molecule has 0 amide bonds. The summed E-state index contributed by atoms with van der Waals surface area (Å²) in [7, 11) is 0. The lowest BCUT2D eigenvalue weighted by Gasteiger charge is -2.13. The average Bonchev–Trinajstić information content (AvgIpc) is 3.65. The Morgan fingerprint density at radius 2 is 1.23 bits per heavy atom. The third kappa shape index (κ3) is 4.18. The number of benzene rings is 4. The SMILES string of the molecule is c1ccc(Oc2ccc(N=C(c3ccccc3-c3ccccc3)C3CC3)cc2)cc1. The highest BCUT2D eigenvalue weighted by molar-refractivity contribution is 6.09. The normalized spacial score (nSPS) is 13.8. The topological polar surface area (TPSA) is 21.6 Å². The van der Waals surface area contributed by atoms with Gasteiger partial charge in [-0.1, -0.05) is 72.8 Å². The lowest BCUT2D eigenvalue weighted by atomic mass is 9.94. The van der Waals surface area contributed by atoms with E-state index in [1.165, 1.54) is 35.2 Å². The van der Waals surface area contributed by atoms with Crippen LogP contribution in [0.15, 0.2) is 114 Å². The zero-order valence-corrected chi connectivity index (χ0v) is 16.7. The first kappa shape index (κ1) is 18.4. The maximum atomic E-state index is 5.91. The second kappa shape index (κ2) is 8.38. The predicted molar refractivity (Wildman–Crippen MR) is 124 cm³/mol. The first-order valence-corrected chi connectivity index (χ1v) is 10.4. The number of rotatable bonds is 6. The Hall–Kier alpha value is -3.65. The van der Waals surface area contributed by atoms with E-state index in [1.807, 2.05) is 54.6 Å². The molecule has 30 heavy (non-hydrogen) atoms. The lowest BCUT2D eigenvalue weighted by Crippen LogP contribution is -2.05. The van der Waals surface area contributed by atoms with E-state index < -0.39 is 0 Å². The van der Waals surface area contributed by atoms with Crippen molar-refractivity contribution in [3.63, 3.8) is 0 Å². The van der Waals surface area contributed by atoms with Gasteiger partial charge in [-0.25, -0.2) is 0 Å². The van der Waals surface area contributed by atoms with Crippen molar-refractivity contribution in [2.75, 3.05) is 0 Å². The van der Waals surface area contributed by atoms with Crippen LogP contribution in [0.4, 0.5) is 5.69 Å². The number of hydrogen-bond donors (Lipinski definition) is 0. The van der Waals surface area contributed by atoms with Gasteiger partial charge < -0.3 is 4.74 Å². The molecule has 0 bridgehead atoms. The van der Waals surface area contributed by atoms with Gasteiger partial charge in [-0.2, -0.15) is 0 Å². The molecular weight excluding hydrogens is 366 g/mol. The average molecular weight is 389 g/mol. The molecule has 5 rings (SSSR count). The molecular formula is C28H23NO. The third-order valence-corrected chi connectivity index (χ3v) is 5.32. The van der Waals surface area contributed by atoms with Crippen LogP contribution in [0.2, 0.25) is 0 Å². The van der Waals surface area contributed by atoms with Gasteiger partial charge in [0.15, 0.2) is 0 Å². The Labute approximate surface area is 177 Å². The van der Waals surface area contributed by atoms with E-state index in [1.54, 1.807) is 0 Å². The Balaban J connectivity index is 1.46. The summed E-state index contributed by atoms with van der Waals surface area (Å²) in [4.78, 5) is 5.09. The number of para-hydroxylation sites is 1. The molecule has 2 nitrogen and oxygen atoms in total. The standard InChI is InChI=1S/C28H23NO/c1-3-9-21(10-4-1)26-13-7-8-14-27(26)28(22-15-16-22)29-23-17-19-25(20-18-23)30-24-11-5-2-6-12-24/h1-14,17-20,22H,15-16H2. The third-order valence-electron chi connectivity index (χ3n) is 5.32. The van der Waals surface area contributed by atoms with Crippen molar-refractivity contribution in [2.45, 2.75) is 12.8 Å². The van der Waals surface area contributed by atoms with Gasteiger partial charge >= 0.3 is 0 Å². The van der Waals surface area contributed by atoms with Gasteiger partial charge in [0.1, 0.15) is 11.5 Å². The minimum atomic E-state index is 0.537. The molecule has 4 aromatic rings. The van der Waals surface area contributed by atoms with E-state index in [0.717, 1.165) is 17.2 Å². The molecule has 0 saturated heterocycles. The first-order chi connectivity index (χ1) is 14.9. The van der Waals surface area contributed by atoms with Crippen molar-refractivity contribution in [2.24, 2.45) is 10.9 Å². The number of hydrogen-bond acceptors (Lipinski definition) is 2. The molecule has 146 valence electrons. The first-order valence-electron chi connectivity index (χ1n) is 10.4. The molecule has 0 N–H and O–H groups in total. The molecule has 1 saturated carbocycles. The second-order valence-electron chi connectivity index (χ2n) is 7.59. The predicted octanol–water partition coefficient (Wildman–Crippen LogP) is 7.68. The fourth-order valence-corrected chi connectivity index (χ4v) is 3.66. The van der Waals surface area contributed by atoms with Crippen molar-refractivity contribution < 1.29 is 4.74 Å². The van der Waals surface area contributed by atoms with Crippen LogP contribution in [0.1, 0.15) is 18.4 Å². The van der Waals surface area contributed by atoms with Crippen molar-refractivity contribution in [3.05, 3.63) is 115 Å². The van der Waals surface area contributed by atoms with Gasteiger partial charge in [0, 0.05) is 11.5 Å². The quantitative estimate of drug-likeness (QED) is 0.310. The number of ether oxygens (including phenoxy) is 1. The Bertz CT molecular complexity index is 1140. The highest BCUT2D eigenvalue weighted by Gasteiger charge is 2.30. The molecule has 0 heterocycles. The molecule has 1 aliphatic rings. The molecule has 2 heteroatoms. The van der Waals surface area contributed by atoms with Gasteiger partial charge in [0.05, 0.1) is 11.4 Å². The molecule has 0 aliphatic heterocycles. The zero-order valence-electron chi connectivity index (χ0n) is 16.7. The largest absolute Gasteiger partial charge is 0.457 e. The van der Waals surface area contributed by atoms with Crippen LogP contribution < -0.4 is 4.74 Å². The van der Waals surface area contributed by atoms with Crippen molar-refractivity contribution >= 4 is 11.4 Å². The van der Waals surface area contributed by atoms with Gasteiger partial charge in [-0.05, 0) is 60.4 Å². The second-order valence-corrected chi connectivity index (χ2v) is 7.59. The van der Waals surface area contributed by atoms with Crippen molar-refractivity contribution in [3.8, 4) is 22.6 Å². The molecule has 1 aliphatic carbocycles. The molecule has 1 fully saturated rings. The van der Waals surface area contributed by atoms with E-state index in [0.29, 0.717) is 5.92 Å². The summed E-state index contributed by atoms with van der Waals surface area (Å²) in [6.45, 7) is 0. The van der Waals surface area contributed by atoms with Crippen LogP contribution in [0.5, 0.6) is 11.5 Å². The minimum absolute atomic E-state index is 0.537. The summed E-state index contributed by atoms with van der Waals surface area (Å²) >= 11 is 0. The van der Waals surface area contributed by atoms with E-state index in [4.69, 9.17) is 9.73 Å². The summed E-state index contributed by atoms with van der Waals surface area (Å²) in [6, 6.07) is 37.0. The zero-order chi connectivity index (χ0) is 20.2. The Kier molecular flexibility index (Phi) is 5.14. The molecule has 0 unspecified atom stereocenters. The van der Waals surface area contributed by atoms with Crippen LogP contribution in [0.3, 0.4) is 0 Å². The van der Waals surface area contributed by atoms with E-state index >= 15 is 0 Å². The molecule has 4 aromatic carbocycles. The highest BCUT2D eigenvalue weighted by Crippen LogP contribution is 2.38. The van der Waals surface area contributed by atoms with Crippen LogP contribution in [-0.4, -0.2) is 5.71 Å². The van der Waals surface area contributed by atoms with Gasteiger partial charge in [0.25, 0.3) is 0 Å². The molecule has 0 spiro atoms. The van der Waals surface area contributed by atoms with Gasteiger partial charge in [-0.3, -0.25) is 4.99 Å². The summed E-state index contributed by atoms with van der Waals surface area (Å²) in [5, 5.41) is 0. The van der Waals surface area contributed by atoms with E-state index in [9.17, 15) is 0 Å². The Morgan fingerprint density at radius 3 is 1.93 bits per heavy atom. The van der Waals surface area contributed by atoms with Crippen LogP contribution in [-0.2, 0) is 0 Å². The molecule has 0 atom stereocenters. The number of aliphatic imine (C=N–C) groups is 1. The maximum Gasteiger partial charge on any atom is 0.127 e. The van der Waals surface area contributed by atoms with Crippen LogP contribution in [0, 0.1) is 5.92 Å². The van der Waals surface area contributed by atoms with Crippen LogP contribution in [0.25, 0.3) is 11.1 Å². The minimum Gasteiger partial charge on any atom is -0.457 e. The Morgan fingerprint density at radius 1 is 0.633 bits per heavy atom. The smallest absolute Gasteiger partial charge is 0.127 e. The van der Waals surface area contributed by atoms with Crippen molar-refractivity contribution in [1.82, 2.24) is 0 Å². The fourth-order valence-electron chi connectivity index (χ4n) is 3.66. The lowest BCUT2D eigenvalue weighted by molar-refractivity contribution is 0.483. The summed E-state index contributed by atoms with van der Waals surface area (Å²) in [5.74, 6) is 2.19. The molecule has 0 radical (unpaired) electrons. The van der Waals surface area contributed by atoms with Crippen molar-refractivity contribution in [1.29, 1.82) is 0 Å². The van der Waals surface area contributed by atoms with E-state index in [-0.39, 0.29) is 0 Å². The summed E-state index contributed by atoms with van der Waals surface area (Å²) < 4.78 is 5.91. The van der Waals surface area contributed by atoms with Crippen LogP contribution >= 0.6 is 0 Å². The fraction of sp³-hybridized carbons (Fsp3) is 0.107. The van der Waals surface area contributed by atoms with E-state index in [2.05, 4.69) is 54.6 Å².